The zero-order valence-corrected chi connectivity index (χ0v) is 12.5. The lowest BCUT2D eigenvalue weighted by atomic mass is 10.2. The average molecular weight is 298 g/mol. The molecule has 1 N–H and O–H groups in total. The van der Waals surface area contributed by atoms with Gasteiger partial charge in [-0.3, -0.25) is 9.59 Å². The summed E-state index contributed by atoms with van der Waals surface area (Å²) in [6, 6.07) is 5.76. The number of hydrogen-bond acceptors (Lipinski definition) is 4. The highest BCUT2D eigenvalue weighted by Gasteiger charge is 2.23. The third-order valence-corrected chi connectivity index (χ3v) is 4.49. The average Bonchev–Trinajstić information content (AvgIpc) is 2.38. The molecule has 0 bridgehead atoms. The number of carbonyl (C=O) groups excluding carboxylic acids is 2. The molecule has 1 aromatic rings. The predicted molar refractivity (Wildman–Crippen MR) is 74.9 cm³/mol. The molecular formula is C13H18N2O4S. The number of ketones is 1. The van der Waals surface area contributed by atoms with E-state index >= 15 is 0 Å². The third kappa shape index (κ3) is 3.88. The summed E-state index contributed by atoms with van der Waals surface area (Å²) < 4.78 is 25.5. The van der Waals surface area contributed by atoms with Crippen molar-refractivity contribution in [1.82, 2.24) is 9.62 Å². The molecule has 0 heterocycles. The molecule has 0 aliphatic rings. The predicted octanol–water partition coefficient (Wildman–Crippen LogP) is 0.646. The molecule has 0 unspecified atom stereocenters. The van der Waals surface area contributed by atoms with Crippen LogP contribution in [0.4, 0.5) is 0 Å². The van der Waals surface area contributed by atoms with Gasteiger partial charge in [0.25, 0.3) is 0 Å². The number of nitrogens with one attached hydrogen (secondary N) is 1. The van der Waals surface area contributed by atoms with Crippen molar-refractivity contribution in [3.8, 4) is 0 Å². The molecule has 1 aromatic carbocycles. The van der Waals surface area contributed by atoms with E-state index in [0.717, 1.165) is 4.31 Å². The molecular weight excluding hydrogens is 280 g/mol. The van der Waals surface area contributed by atoms with E-state index in [1.54, 1.807) is 13.0 Å². The summed E-state index contributed by atoms with van der Waals surface area (Å²) in [5, 5.41) is 2.53. The molecule has 0 fully saturated rings. The SMILES string of the molecule is CCNC(=O)CN(C)S(=O)(=O)c1cccc(C(C)=O)c1. The monoisotopic (exact) mass is 298 g/mol. The van der Waals surface area contributed by atoms with Gasteiger partial charge in [-0.15, -0.1) is 0 Å². The van der Waals surface area contributed by atoms with Gasteiger partial charge in [-0.2, -0.15) is 4.31 Å². The van der Waals surface area contributed by atoms with Gasteiger partial charge in [0, 0.05) is 19.2 Å². The molecule has 1 amide bonds. The first-order chi connectivity index (χ1) is 9.28. The Morgan fingerprint density at radius 1 is 1.30 bits per heavy atom. The Labute approximate surface area is 118 Å². The summed E-state index contributed by atoms with van der Waals surface area (Å²) in [6.07, 6.45) is 0. The molecule has 0 radical (unpaired) electrons. The van der Waals surface area contributed by atoms with Crippen molar-refractivity contribution in [3.05, 3.63) is 29.8 Å². The van der Waals surface area contributed by atoms with Gasteiger partial charge in [-0.1, -0.05) is 12.1 Å². The van der Waals surface area contributed by atoms with Crippen molar-refractivity contribution in [3.63, 3.8) is 0 Å². The van der Waals surface area contributed by atoms with Crippen LogP contribution >= 0.6 is 0 Å². The minimum atomic E-state index is -3.79. The van der Waals surface area contributed by atoms with Gasteiger partial charge in [-0.05, 0) is 26.0 Å². The third-order valence-electron chi connectivity index (χ3n) is 2.69. The normalized spacial score (nSPS) is 11.4. The first kappa shape index (κ1) is 16.3. The summed E-state index contributed by atoms with van der Waals surface area (Å²) in [4.78, 5) is 22.7. The molecule has 0 aliphatic carbocycles. The second-order valence-electron chi connectivity index (χ2n) is 4.30. The zero-order valence-electron chi connectivity index (χ0n) is 11.7. The highest BCUT2D eigenvalue weighted by molar-refractivity contribution is 7.89. The fourth-order valence-corrected chi connectivity index (χ4v) is 2.77. The first-order valence-corrected chi connectivity index (χ1v) is 7.57. The van der Waals surface area contributed by atoms with Gasteiger partial charge in [0.05, 0.1) is 11.4 Å². The summed E-state index contributed by atoms with van der Waals surface area (Å²) in [7, 11) is -2.46. The number of hydrogen-bond donors (Lipinski definition) is 1. The minimum Gasteiger partial charge on any atom is -0.355 e. The topological polar surface area (TPSA) is 83.6 Å². The van der Waals surface area contributed by atoms with Crippen LogP contribution < -0.4 is 5.32 Å². The highest BCUT2D eigenvalue weighted by Crippen LogP contribution is 2.16. The molecule has 6 nitrogen and oxygen atoms in total. The van der Waals surface area contributed by atoms with Crippen LogP contribution in [0.1, 0.15) is 24.2 Å². The number of sulfonamides is 1. The summed E-state index contributed by atoms with van der Waals surface area (Å²) in [5.41, 5.74) is 0.317. The van der Waals surface area contributed by atoms with E-state index in [1.165, 1.54) is 32.2 Å². The number of Topliss-reactive ketones (excluding diaryl/α,β-unsaturated/α-hetero) is 1. The zero-order chi connectivity index (χ0) is 15.3. The Morgan fingerprint density at radius 2 is 1.95 bits per heavy atom. The van der Waals surface area contributed by atoms with Crippen molar-refractivity contribution in [2.45, 2.75) is 18.7 Å². The van der Waals surface area contributed by atoms with E-state index < -0.39 is 10.0 Å². The number of amides is 1. The van der Waals surface area contributed by atoms with Crippen LogP contribution in [-0.2, 0) is 14.8 Å². The van der Waals surface area contributed by atoms with Crippen molar-refractivity contribution in [2.24, 2.45) is 0 Å². The largest absolute Gasteiger partial charge is 0.355 e. The van der Waals surface area contributed by atoms with Crippen LogP contribution in [-0.4, -0.2) is 44.6 Å². The maximum absolute atomic E-state index is 12.3. The number of rotatable bonds is 6. The molecule has 1 rings (SSSR count). The van der Waals surface area contributed by atoms with E-state index in [9.17, 15) is 18.0 Å². The van der Waals surface area contributed by atoms with E-state index in [4.69, 9.17) is 0 Å². The van der Waals surface area contributed by atoms with E-state index in [1.807, 2.05) is 0 Å². The summed E-state index contributed by atoms with van der Waals surface area (Å²) in [6.45, 7) is 3.29. The van der Waals surface area contributed by atoms with Gasteiger partial charge in [0.15, 0.2) is 5.78 Å². The number of nitrogens with zero attached hydrogens (tertiary/aromatic N) is 1. The van der Waals surface area contributed by atoms with Crippen molar-refractivity contribution in [1.29, 1.82) is 0 Å². The van der Waals surface area contributed by atoms with Gasteiger partial charge in [-0.25, -0.2) is 8.42 Å². The quantitative estimate of drug-likeness (QED) is 0.781. The standard InChI is InChI=1S/C13H18N2O4S/c1-4-14-13(17)9-15(3)20(18,19)12-7-5-6-11(8-12)10(2)16/h5-8H,4,9H2,1-3H3,(H,14,17). The Kier molecular flexibility index (Phi) is 5.41. The fourth-order valence-electron chi connectivity index (χ4n) is 1.60. The van der Waals surface area contributed by atoms with E-state index in [-0.39, 0.29) is 23.1 Å². The van der Waals surface area contributed by atoms with Gasteiger partial charge in [0.1, 0.15) is 0 Å². The number of likely N-dealkylation sites (N-methyl/N-ethyl adjacent to an activating group) is 2. The Morgan fingerprint density at radius 3 is 2.50 bits per heavy atom. The lowest BCUT2D eigenvalue weighted by Gasteiger charge is -2.16. The second kappa shape index (κ2) is 6.62. The molecule has 0 saturated heterocycles. The lowest BCUT2D eigenvalue weighted by Crippen LogP contribution is -2.38. The molecule has 0 atom stereocenters. The van der Waals surface area contributed by atoms with E-state index in [2.05, 4.69) is 5.32 Å². The number of carbonyl (C=O) groups is 2. The van der Waals surface area contributed by atoms with Crippen LogP contribution in [0.2, 0.25) is 0 Å². The van der Waals surface area contributed by atoms with Gasteiger partial charge in [0.2, 0.25) is 15.9 Å². The minimum absolute atomic E-state index is 0.00278. The molecule has 7 heteroatoms. The van der Waals surface area contributed by atoms with Crippen LogP contribution in [0.25, 0.3) is 0 Å². The fraction of sp³-hybridized carbons (Fsp3) is 0.385. The van der Waals surface area contributed by atoms with Crippen LogP contribution in [0, 0.1) is 0 Å². The number of benzene rings is 1. The van der Waals surface area contributed by atoms with Crippen LogP contribution in [0.15, 0.2) is 29.2 Å². The van der Waals surface area contributed by atoms with Gasteiger partial charge >= 0.3 is 0 Å². The first-order valence-electron chi connectivity index (χ1n) is 6.13. The Hall–Kier alpha value is -1.73. The Balaban J connectivity index is 3.01. The molecule has 0 spiro atoms. The van der Waals surface area contributed by atoms with Crippen molar-refractivity contribution < 1.29 is 18.0 Å². The van der Waals surface area contributed by atoms with Crippen LogP contribution in [0.3, 0.4) is 0 Å². The maximum Gasteiger partial charge on any atom is 0.243 e. The lowest BCUT2D eigenvalue weighted by molar-refractivity contribution is -0.121. The molecule has 20 heavy (non-hydrogen) atoms. The Bertz CT molecular complexity index is 611. The maximum atomic E-state index is 12.3. The smallest absolute Gasteiger partial charge is 0.243 e. The van der Waals surface area contributed by atoms with Gasteiger partial charge < -0.3 is 5.32 Å². The van der Waals surface area contributed by atoms with Crippen LogP contribution in [0.5, 0.6) is 0 Å². The molecule has 0 aromatic heterocycles. The van der Waals surface area contributed by atoms with Crippen molar-refractivity contribution in [2.75, 3.05) is 20.1 Å². The summed E-state index contributed by atoms with van der Waals surface area (Å²) in [5.74, 6) is -0.588. The summed E-state index contributed by atoms with van der Waals surface area (Å²) >= 11 is 0. The second-order valence-corrected chi connectivity index (χ2v) is 6.34. The van der Waals surface area contributed by atoms with E-state index in [0.29, 0.717) is 12.1 Å². The van der Waals surface area contributed by atoms with Crippen molar-refractivity contribution >= 4 is 21.7 Å². The molecule has 110 valence electrons. The highest BCUT2D eigenvalue weighted by atomic mass is 32.2. The molecule has 0 saturated carbocycles. The molecule has 0 aliphatic heterocycles.